The fourth-order valence-electron chi connectivity index (χ4n) is 3.17. The quantitative estimate of drug-likeness (QED) is 0.521. The largest absolute Gasteiger partial charge is 0.489 e. The molecule has 1 atom stereocenters. The van der Waals surface area contributed by atoms with E-state index in [9.17, 15) is 30.4 Å². The third-order valence-corrected chi connectivity index (χ3v) is 6.60. The molecule has 1 aliphatic heterocycles. The Morgan fingerprint density at radius 2 is 1.81 bits per heavy atom. The van der Waals surface area contributed by atoms with Crippen molar-refractivity contribution in [3.63, 3.8) is 0 Å². The summed E-state index contributed by atoms with van der Waals surface area (Å²) < 4.78 is 101. The Hall–Kier alpha value is -3.06. The zero-order valence-corrected chi connectivity index (χ0v) is 16.8. The van der Waals surface area contributed by atoms with Crippen molar-refractivity contribution in [1.29, 1.82) is 0 Å². The zero-order valence-electron chi connectivity index (χ0n) is 16.0. The van der Waals surface area contributed by atoms with Crippen LogP contribution in [-0.2, 0) is 16.2 Å². The highest BCUT2D eigenvalue weighted by Crippen LogP contribution is 2.30. The van der Waals surface area contributed by atoms with Gasteiger partial charge in [0.1, 0.15) is 28.4 Å². The summed E-state index contributed by atoms with van der Waals surface area (Å²) in [5, 5.41) is 3.29. The van der Waals surface area contributed by atoms with Crippen molar-refractivity contribution in [3.8, 4) is 17.1 Å². The average molecular weight is 475 g/mol. The highest BCUT2D eigenvalue weighted by Gasteiger charge is 2.38. The van der Waals surface area contributed by atoms with E-state index in [0.717, 1.165) is 16.4 Å². The molecule has 0 radical (unpaired) electrons. The Kier molecular flexibility index (Phi) is 5.63. The van der Waals surface area contributed by atoms with Crippen molar-refractivity contribution in [2.75, 3.05) is 13.1 Å². The summed E-state index contributed by atoms with van der Waals surface area (Å²) in [7, 11) is -4.17. The minimum atomic E-state index is -4.75. The monoisotopic (exact) mass is 475 g/mol. The first-order valence-electron chi connectivity index (χ1n) is 9.17. The molecule has 13 heteroatoms. The number of benzene rings is 2. The van der Waals surface area contributed by atoms with Gasteiger partial charge < -0.3 is 9.26 Å². The first-order chi connectivity index (χ1) is 15.0. The molecule has 1 aliphatic rings. The molecular weight excluding hydrogens is 461 g/mol. The van der Waals surface area contributed by atoms with Crippen LogP contribution in [-0.4, -0.2) is 42.1 Å². The molecule has 3 aromatic rings. The second kappa shape index (κ2) is 8.13. The molecule has 7 nitrogen and oxygen atoms in total. The predicted molar refractivity (Wildman–Crippen MR) is 98.9 cm³/mol. The van der Waals surface area contributed by atoms with E-state index in [1.807, 2.05) is 0 Å². The molecule has 0 spiro atoms. The molecule has 1 fully saturated rings. The lowest BCUT2D eigenvalue weighted by Crippen LogP contribution is -2.31. The molecular formula is C19H14F5N3O4S. The standard InChI is InChI=1S/C19H14F5N3O4S/c20-12-3-6-16(15(21)9-12)32(28,29)27-8-7-14(10-27)30-13-4-1-11(2-5-13)17-25-18(31-26-17)19(22,23)24/h1-6,9,14H,7-8,10H2. The fourth-order valence-corrected chi connectivity index (χ4v) is 4.70. The lowest BCUT2D eigenvalue weighted by molar-refractivity contribution is -0.159. The first kappa shape index (κ1) is 22.1. The van der Waals surface area contributed by atoms with Crippen molar-refractivity contribution < 1.29 is 39.6 Å². The molecule has 1 unspecified atom stereocenters. The van der Waals surface area contributed by atoms with Gasteiger partial charge in [0.2, 0.25) is 15.8 Å². The van der Waals surface area contributed by atoms with Gasteiger partial charge in [0, 0.05) is 18.2 Å². The van der Waals surface area contributed by atoms with E-state index < -0.39 is 44.7 Å². The topological polar surface area (TPSA) is 85.5 Å². The van der Waals surface area contributed by atoms with Crippen LogP contribution in [0.2, 0.25) is 0 Å². The molecule has 1 saturated heterocycles. The average Bonchev–Trinajstić information content (AvgIpc) is 3.38. The van der Waals surface area contributed by atoms with Crippen molar-refractivity contribution >= 4 is 10.0 Å². The summed E-state index contributed by atoms with van der Waals surface area (Å²) in [4.78, 5) is 2.67. The Morgan fingerprint density at radius 1 is 1.09 bits per heavy atom. The van der Waals surface area contributed by atoms with Crippen LogP contribution in [0.4, 0.5) is 22.0 Å². The molecule has 0 amide bonds. The Morgan fingerprint density at radius 3 is 2.44 bits per heavy atom. The number of rotatable bonds is 5. The van der Waals surface area contributed by atoms with Crippen molar-refractivity contribution in [2.45, 2.75) is 23.6 Å². The van der Waals surface area contributed by atoms with Crippen LogP contribution in [0.3, 0.4) is 0 Å². The maximum Gasteiger partial charge on any atom is 0.471 e. The maximum atomic E-state index is 13.9. The van der Waals surface area contributed by atoms with Gasteiger partial charge in [-0.3, -0.25) is 0 Å². The number of halogens is 5. The highest BCUT2D eigenvalue weighted by molar-refractivity contribution is 7.89. The summed E-state index contributed by atoms with van der Waals surface area (Å²) >= 11 is 0. The van der Waals surface area contributed by atoms with Crippen LogP contribution < -0.4 is 4.74 Å². The van der Waals surface area contributed by atoms with Gasteiger partial charge in [-0.15, -0.1) is 0 Å². The molecule has 0 bridgehead atoms. The van der Waals surface area contributed by atoms with Crippen molar-refractivity contribution in [3.05, 3.63) is 60.0 Å². The number of ether oxygens (including phenoxy) is 1. The molecule has 0 saturated carbocycles. The third kappa shape index (κ3) is 4.43. The van der Waals surface area contributed by atoms with Crippen LogP contribution >= 0.6 is 0 Å². The third-order valence-electron chi connectivity index (χ3n) is 4.70. The normalized spacial score (nSPS) is 17.6. The minimum Gasteiger partial charge on any atom is -0.489 e. The summed E-state index contributed by atoms with van der Waals surface area (Å²) in [6.07, 6.45) is -4.97. The van der Waals surface area contributed by atoms with Gasteiger partial charge in [0.15, 0.2) is 0 Å². The second-order valence-corrected chi connectivity index (χ2v) is 8.82. The van der Waals surface area contributed by atoms with E-state index in [4.69, 9.17) is 4.74 Å². The molecule has 4 rings (SSSR count). The van der Waals surface area contributed by atoms with E-state index in [1.165, 1.54) is 24.3 Å². The fraction of sp³-hybridized carbons (Fsp3) is 0.263. The van der Waals surface area contributed by atoms with Gasteiger partial charge in [0.25, 0.3) is 0 Å². The molecule has 170 valence electrons. The van der Waals surface area contributed by atoms with E-state index in [-0.39, 0.29) is 24.5 Å². The van der Waals surface area contributed by atoms with Gasteiger partial charge in [-0.25, -0.2) is 17.2 Å². The Balaban J connectivity index is 1.42. The van der Waals surface area contributed by atoms with E-state index in [2.05, 4.69) is 14.7 Å². The van der Waals surface area contributed by atoms with Crippen LogP contribution in [0.25, 0.3) is 11.4 Å². The summed E-state index contributed by atoms with van der Waals surface area (Å²) in [5.41, 5.74) is 0.263. The number of hydrogen-bond donors (Lipinski definition) is 0. The van der Waals surface area contributed by atoms with Crippen molar-refractivity contribution in [2.24, 2.45) is 0 Å². The van der Waals surface area contributed by atoms with E-state index in [0.29, 0.717) is 18.2 Å². The van der Waals surface area contributed by atoms with Gasteiger partial charge in [-0.2, -0.15) is 22.5 Å². The van der Waals surface area contributed by atoms with Crippen LogP contribution in [0, 0.1) is 11.6 Å². The summed E-state index contributed by atoms with van der Waals surface area (Å²) in [6.45, 7) is 0.0195. The molecule has 32 heavy (non-hydrogen) atoms. The molecule has 2 aromatic carbocycles. The SMILES string of the molecule is O=S(=O)(c1ccc(F)cc1F)N1CCC(Oc2ccc(-c3noc(C(F)(F)F)n3)cc2)C1. The molecule has 2 heterocycles. The van der Waals surface area contributed by atoms with Gasteiger partial charge >= 0.3 is 12.1 Å². The van der Waals surface area contributed by atoms with Gasteiger partial charge in [0.05, 0.1) is 6.54 Å². The van der Waals surface area contributed by atoms with Gasteiger partial charge in [-0.1, -0.05) is 5.16 Å². The number of aromatic nitrogens is 2. The van der Waals surface area contributed by atoms with Gasteiger partial charge in [-0.05, 0) is 42.8 Å². The predicted octanol–water partition coefficient (Wildman–Crippen LogP) is 3.88. The number of alkyl halides is 3. The molecule has 1 aromatic heterocycles. The summed E-state index contributed by atoms with van der Waals surface area (Å²) in [6, 6.07) is 8.03. The smallest absolute Gasteiger partial charge is 0.471 e. The van der Waals surface area contributed by atoms with Crippen LogP contribution in [0.5, 0.6) is 5.75 Å². The van der Waals surface area contributed by atoms with Crippen LogP contribution in [0.1, 0.15) is 12.3 Å². The number of hydrogen-bond acceptors (Lipinski definition) is 6. The van der Waals surface area contributed by atoms with Crippen molar-refractivity contribution in [1.82, 2.24) is 14.4 Å². The number of nitrogens with zero attached hydrogens (tertiary/aromatic N) is 3. The zero-order chi connectivity index (χ0) is 23.1. The second-order valence-electron chi connectivity index (χ2n) is 6.91. The minimum absolute atomic E-state index is 0.0549. The number of sulfonamides is 1. The molecule has 0 aliphatic carbocycles. The Bertz CT molecular complexity index is 1230. The van der Waals surface area contributed by atoms with Crippen LogP contribution in [0.15, 0.2) is 51.9 Å². The lowest BCUT2D eigenvalue weighted by Gasteiger charge is -2.18. The highest BCUT2D eigenvalue weighted by atomic mass is 32.2. The maximum absolute atomic E-state index is 13.9. The first-order valence-corrected chi connectivity index (χ1v) is 10.6. The van der Waals surface area contributed by atoms with E-state index >= 15 is 0 Å². The summed E-state index contributed by atoms with van der Waals surface area (Å²) in [5.74, 6) is -3.44. The lowest BCUT2D eigenvalue weighted by atomic mass is 10.2. The van der Waals surface area contributed by atoms with E-state index in [1.54, 1.807) is 0 Å². The Labute approximate surface area is 178 Å². The molecule has 0 N–H and O–H groups in total.